The van der Waals surface area contributed by atoms with E-state index >= 15 is 0 Å². The first kappa shape index (κ1) is 22.5. The number of nitrogens with zero attached hydrogens (tertiary/aromatic N) is 3. The number of para-hydroxylation sites is 1. The van der Waals surface area contributed by atoms with Crippen molar-refractivity contribution >= 4 is 27.6 Å². The van der Waals surface area contributed by atoms with Crippen LogP contribution in [0.5, 0.6) is 11.5 Å². The van der Waals surface area contributed by atoms with Gasteiger partial charge in [-0.15, -0.1) is 0 Å². The van der Waals surface area contributed by atoms with Gasteiger partial charge in [-0.25, -0.2) is 8.42 Å². The number of phenols is 1. The zero-order valence-corrected chi connectivity index (χ0v) is 17.5. The van der Waals surface area contributed by atoms with Gasteiger partial charge in [0.15, 0.2) is 11.5 Å². The van der Waals surface area contributed by atoms with Crippen LogP contribution in [0.15, 0.2) is 46.4 Å². The highest BCUT2D eigenvalue weighted by atomic mass is 32.2. The lowest BCUT2D eigenvalue weighted by atomic mass is 10.2. The largest absolute Gasteiger partial charge is 0.504 e. The Bertz CT molecular complexity index is 1080. The van der Waals surface area contributed by atoms with Gasteiger partial charge in [-0.2, -0.15) is 9.41 Å². The molecule has 0 unspecified atom stereocenters. The van der Waals surface area contributed by atoms with E-state index < -0.39 is 20.6 Å². The topological polar surface area (TPSA) is 144 Å². The lowest BCUT2D eigenvalue weighted by Crippen LogP contribution is -2.40. The van der Waals surface area contributed by atoms with E-state index in [1.807, 2.05) is 0 Å². The van der Waals surface area contributed by atoms with E-state index in [4.69, 9.17) is 9.47 Å². The molecule has 0 spiro atoms. The number of hydrogen-bond donors (Lipinski definition) is 2. The molecule has 2 N–H and O–H groups in total. The Hall–Kier alpha value is -3.22. The maximum atomic E-state index is 12.8. The van der Waals surface area contributed by atoms with E-state index in [0.717, 1.165) is 6.07 Å². The number of phenolic OH excluding ortho intramolecular Hbond substituents is 1. The Kier molecular flexibility index (Phi) is 7.05. The molecule has 166 valence electrons. The average molecular weight is 450 g/mol. The highest BCUT2D eigenvalue weighted by molar-refractivity contribution is 7.89. The molecule has 0 aromatic heterocycles. The van der Waals surface area contributed by atoms with E-state index in [9.17, 15) is 23.6 Å². The maximum absolute atomic E-state index is 12.8. The standard InChI is InChI=1S/C19H22N4O7S/c1-2-30-18-5-3-4-14(19(18)24)13-20-21-16-7-6-15(12-17(16)23(25)26)31(27,28)22-8-10-29-11-9-22/h3-7,12-13,21,24H,2,8-11H2,1H3. The molecule has 2 aromatic carbocycles. The zero-order valence-electron chi connectivity index (χ0n) is 16.7. The third-order valence-electron chi connectivity index (χ3n) is 4.49. The Morgan fingerprint density at radius 3 is 2.74 bits per heavy atom. The van der Waals surface area contributed by atoms with Crippen molar-refractivity contribution in [3.8, 4) is 11.5 Å². The van der Waals surface area contributed by atoms with Crippen LogP contribution in [0.25, 0.3) is 0 Å². The summed E-state index contributed by atoms with van der Waals surface area (Å²) in [6, 6.07) is 8.41. The van der Waals surface area contributed by atoms with Gasteiger partial charge in [-0.05, 0) is 31.2 Å². The van der Waals surface area contributed by atoms with Crippen molar-refractivity contribution < 1.29 is 27.9 Å². The third kappa shape index (κ3) is 5.10. The molecule has 1 saturated heterocycles. The Morgan fingerprint density at radius 2 is 2.06 bits per heavy atom. The van der Waals surface area contributed by atoms with Gasteiger partial charge in [0, 0.05) is 24.7 Å². The maximum Gasteiger partial charge on any atom is 0.295 e. The average Bonchev–Trinajstić information content (AvgIpc) is 2.77. The van der Waals surface area contributed by atoms with E-state index in [0.29, 0.717) is 12.2 Å². The number of aromatic hydroxyl groups is 1. The van der Waals surface area contributed by atoms with Gasteiger partial charge in [-0.3, -0.25) is 15.5 Å². The minimum Gasteiger partial charge on any atom is -0.504 e. The molecule has 3 rings (SSSR count). The molecule has 0 radical (unpaired) electrons. The summed E-state index contributed by atoms with van der Waals surface area (Å²) in [6.45, 7) is 3.07. The predicted octanol–water partition coefficient (Wildman–Crippen LogP) is 2.17. The number of nitro benzene ring substituents is 1. The molecule has 2 aromatic rings. The number of rotatable bonds is 8. The van der Waals surface area contributed by atoms with Crippen molar-refractivity contribution in [2.45, 2.75) is 11.8 Å². The first-order chi connectivity index (χ1) is 14.8. The van der Waals surface area contributed by atoms with Crippen LogP contribution in [-0.4, -0.2) is 61.9 Å². The number of hydrazone groups is 1. The second-order valence-corrected chi connectivity index (χ2v) is 8.39. The SMILES string of the molecule is CCOc1cccc(C=NNc2ccc(S(=O)(=O)N3CCOCC3)cc2[N+](=O)[O-])c1O. The summed E-state index contributed by atoms with van der Waals surface area (Å²) in [6.07, 6.45) is 1.28. The molecule has 31 heavy (non-hydrogen) atoms. The van der Waals surface area contributed by atoms with E-state index in [-0.39, 0.29) is 48.4 Å². The number of anilines is 1. The molecule has 0 atom stereocenters. The lowest BCUT2D eigenvalue weighted by molar-refractivity contribution is -0.384. The summed E-state index contributed by atoms with van der Waals surface area (Å²) in [5, 5.41) is 25.6. The zero-order chi connectivity index (χ0) is 22.4. The van der Waals surface area contributed by atoms with E-state index in [2.05, 4.69) is 10.5 Å². The normalized spacial score (nSPS) is 15.1. The van der Waals surface area contributed by atoms with Crippen LogP contribution in [0.4, 0.5) is 11.4 Å². The van der Waals surface area contributed by atoms with Crippen LogP contribution in [0.2, 0.25) is 0 Å². The quantitative estimate of drug-likeness (QED) is 0.354. The van der Waals surface area contributed by atoms with Gasteiger partial charge in [-0.1, -0.05) is 6.07 Å². The molecule has 11 nitrogen and oxygen atoms in total. The second kappa shape index (κ2) is 9.73. The van der Waals surface area contributed by atoms with Crippen LogP contribution in [0.3, 0.4) is 0 Å². The fraction of sp³-hybridized carbons (Fsp3) is 0.316. The van der Waals surface area contributed by atoms with Crippen molar-refractivity contribution in [3.05, 3.63) is 52.1 Å². The van der Waals surface area contributed by atoms with E-state index in [1.54, 1.807) is 25.1 Å². The summed E-state index contributed by atoms with van der Waals surface area (Å²) >= 11 is 0. The number of ether oxygens (including phenoxy) is 2. The monoisotopic (exact) mass is 450 g/mol. The molecule has 1 aliphatic rings. The van der Waals surface area contributed by atoms with E-state index in [1.165, 1.54) is 22.7 Å². The molecule has 1 aliphatic heterocycles. The molecular weight excluding hydrogens is 428 g/mol. The van der Waals surface area contributed by atoms with Crippen LogP contribution in [-0.2, 0) is 14.8 Å². The van der Waals surface area contributed by atoms with Crippen LogP contribution in [0.1, 0.15) is 12.5 Å². The number of nitro groups is 1. The van der Waals surface area contributed by atoms with Gasteiger partial charge in [0.25, 0.3) is 5.69 Å². The van der Waals surface area contributed by atoms with Gasteiger partial charge in [0.2, 0.25) is 10.0 Å². The highest BCUT2D eigenvalue weighted by Crippen LogP contribution is 2.30. The summed E-state index contributed by atoms with van der Waals surface area (Å²) in [7, 11) is -3.88. The molecule has 1 fully saturated rings. The molecule has 12 heteroatoms. The Labute approximate surface area is 179 Å². The molecule has 1 heterocycles. The molecular formula is C19H22N4O7S. The number of nitrogens with one attached hydrogen (secondary N) is 1. The van der Waals surface area contributed by atoms with Crippen LogP contribution in [0, 0.1) is 10.1 Å². The Morgan fingerprint density at radius 1 is 1.32 bits per heavy atom. The number of hydrogen-bond acceptors (Lipinski definition) is 9. The first-order valence-electron chi connectivity index (χ1n) is 9.44. The summed E-state index contributed by atoms with van der Waals surface area (Å²) < 4.78 is 37.2. The van der Waals surface area contributed by atoms with Crippen molar-refractivity contribution in [3.63, 3.8) is 0 Å². The molecule has 0 amide bonds. The number of morpholine rings is 1. The number of benzene rings is 2. The summed E-state index contributed by atoms with van der Waals surface area (Å²) in [5.41, 5.74) is 2.42. The second-order valence-electron chi connectivity index (χ2n) is 6.45. The Balaban J connectivity index is 1.83. The van der Waals surface area contributed by atoms with Gasteiger partial charge in [0.05, 0.1) is 35.9 Å². The molecule has 0 aliphatic carbocycles. The predicted molar refractivity (Wildman–Crippen MR) is 113 cm³/mol. The summed E-state index contributed by atoms with van der Waals surface area (Å²) in [4.78, 5) is 10.6. The first-order valence-corrected chi connectivity index (χ1v) is 10.9. The lowest BCUT2D eigenvalue weighted by Gasteiger charge is -2.26. The van der Waals surface area contributed by atoms with Crippen molar-refractivity contribution in [1.29, 1.82) is 0 Å². The smallest absolute Gasteiger partial charge is 0.295 e. The third-order valence-corrected chi connectivity index (χ3v) is 6.39. The summed E-state index contributed by atoms with van der Waals surface area (Å²) in [5.74, 6) is 0.173. The fourth-order valence-corrected chi connectivity index (χ4v) is 4.37. The number of sulfonamides is 1. The van der Waals surface area contributed by atoms with Gasteiger partial charge < -0.3 is 14.6 Å². The molecule has 0 bridgehead atoms. The molecule has 0 saturated carbocycles. The minimum atomic E-state index is -3.88. The highest BCUT2D eigenvalue weighted by Gasteiger charge is 2.28. The van der Waals surface area contributed by atoms with Crippen molar-refractivity contribution in [2.75, 3.05) is 38.3 Å². The minimum absolute atomic E-state index is 0.00244. The van der Waals surface area contributed by atoms with Gasteiger partial charge in [0.1, 0.15) is 5.69 Å². The van der Waals surface area contributed by atoms with Gasteiger partial charge >= 0.3 is 0 Å². The van der Waals surface area contributed by atoms with Crippen molar-refractivity contribution in [2.24, 2.45) is 5.10 Å². The van der Waals surface area contributed by atoms with Crippen molar-refractivity contribution in [1.82, 2.24) is 4.31 Å². The fourth-order valence-electron chi connectivity index (χ4n) is 2.94. The van der Waals surface area contributed by atoms with Crippen LogP contribution >= 0.6 is 0 Å². The van der Waals surface area contributed by atoms with Crippen LogP contribution < -0.4 is 10.2 Å².